The number of hydrogen-bond acceptors (Lipinski definition) is 5. The van der Waals surface area contributed by atoms with Crippen molar-refractivity contribution >= 4 is 16.3 Å². The Balaban J connectivity index is 1.58. The second-order valence-electron chi connectivity index (χ2n) is 9.93. The molecule has 0 radical (unpaired) electrons. The highest BCUT2D eigenvalue weighted by molar-refractivity contribution is 8.45. The van der Waals surface area contributed by atoms with E-state index in [9.17, 15) is 29.0 Å². The molecule has 1 fully saturated rings. The topological polar surface area (TPSA) is 73.7 Å². The Labute approximate surface area is 215 Å². The van der Waals surface area contributed by atoms with Crippen LogP contribution in [0.4, 0.5) is 24.2 Å². The van der Waals surface area contributed by atoms with Gasteiger partial charge in [-0.3, -0.25) is 4.79 Å². The molecule has 7 nitrogen and oxygen atoms in total. The molecular weight excluding hydrogens is 533 g/mol. The summed E-state index contributed by atoms with van der Waals surface area (Å²) in [6, 6.07) is 7.92. The van der Waals surface area contributed by atoms with Crippen LogP contribution < -0.4 is 10.3 Å². The van der Waals surface area contributed by atoms with E-state index in [0.29, 0.717) is 24.1 Å². The first-order valence-corrected chi connectivity index (χ1v) is 13.5. The number of benzene rings is 1. The summed E-state index contributed by atoms with van der Waals surface area (Å²) in [5, 5.41) is 0. The van der Waals surface area contributed by atoms with Gasteiger partial charge in [-0.05, 0) is 69.7 Å². The smallest absolute Gasteiger partial charge is 0.410 e. The van der Waals surface area contributed by atoms with Crippen LogP contribution in [0, 0.1) is 0 Å². The molecule has 1 atom stereocenters. The summed E-state index contributed by atoms with van der Waals surface area (Å²) in [5.74, 6) is -0.132. The number of rotatable bonds is 5. The van der Waals surface area contributed by atoms with Gasteiger partial charge >= 0.3 is 16.3 Å². The monoisotopic (exact) mass is 559 g/mol. The molecule has 3 heterocycles. The summed E-state index contributed by atoms with van der Waals surface area (Å²) in [6.07, 6.45) is 3.04. The molecule has 38 heavy (non-hydrogen) atoms. The van der Waals surface area contributed by atoms with E-state index in [1.165, 1.54) is 21.7 Å². The number of amides is 1. The molecule has 4 rings (SSSR count). The SMILES string of the molecule is CC(C)(C)OC(=O)N1CCC(n2cc(-c3cccnc3Oc3ccc(S(F)(F)(F)(F)F)cc3)ccc2=O)C1. The first kappa shape index (κ1) is 27.4. The molecular formula is C25H26F5N3O4S. The summed E-state index contributed by atoms with van der Waals surface area (Å²) < 4.78 is 77.6. The van der Waals surface area contributed by atoms with Crippen molar-refractivity contribution in [2.75, 3.05) is 13.1 Å². The molecule has 1 aliphatic rings. The molecule has 0 aliphatic carbocycles. The number of likely N-dealkylation sites (tertiary alicyclic amines) is 1. The maximum Gasteiger partial charge on any atom is 0.410 e. The average Bonchev–Trinajstić information content (AvgIpc) is 3.28. The van der Waals surface area contributed by atoms with Crippen molar-refractivity contribution in [1.82, 2.24) is 14.5 Å². The van der Waals surface area contributed by atoms with Crippen molar-refractivity contribution < 1.29 is 33.7 Å². The van der Waals surface area contributed by atoms with E-state index in [1.807, 2.05) is 0 Å². The van der Waals surface area contributed by atoms with Crippen molar-refractivity contribution in [2.24, 2.45) is 0 Å². The molecule has 0 N–H and O–H groups in total. The van der Waals surface area contributed by atoms with Gasteiger partial charge in [0.25, 0.3) is 5.56 Å². The third kappa shape index (κ3) is 6.44. The highest BCUT2D eigenvalue weighted by Crippen LogP contribution is 3.02. The molecule has 0 spiro atoms. The Morgan fingerprint density at radius 1 is 1.03 bits per heavy atom. The largest absolute Gasteiger partial charge is 0.444 e. The number of hydrogen-bond donors (Lipinski definition) is 0. The molecule has 1 aliphatic heterocycles. The van der Waals surface area contributed by atoms with Gasteiger partial charge in [0, 0.05) is 42.7 Å². The minimum atomic E-state index is -9.81. The normalized spacial score (nSPS) is 18.0. The lowest BCUT2D eigenvalue weighted by atomic mass is 10.1. The lowest BCUT2D eigenvalue weighted by molar-refractivity contribution is 0.0288. The fourth-order valence-corrected chi connectivity index (χ4v) is 4.63. The van der Waals surface area contributed by atoms with Crippen molar-refractivity contribution in [1.29, 1.82) is 0 Å². The number of pyridine rings is 2. The maximum absolute atomic E-state index is 13.0. The molecule has 3 aromatic rings. The summed E-state index contributed by atoms with van der Waals surface area (Å²) in [5.41, 5.74) is -0.00686. The van der Waals surface area contributed by atoms with Crippen molar-refractivity contribution in [3.05, 3.63) is 71.3 Å². The molecule has 1 saturated heterocycles. The Morgan fingerprint density at radius 3 is 2.34 bits per heavy atom. The van der Waals surface area contributed by atoms with E-state index in [0.717, 1.165) is 12.1 Å². The van der Waals surface area contributed by atoms with E-state index in [1.54, 1.807) is 45.2 Å². The van der Waals surface area contributed by atoms with Crippen LogP contribution in [0.3, 0.4) is 0 Å². The zero-order valence-corrected chi connectivity index (χ0v) is 21.6. The minimum absolute atomic E-state index is 0.000377. The summed E-state index contributed by atoms with van der Waals surface area (Å²) in [4.78, 5) is 28.7. The Bertz CT molecular complexity index is 1420. The second kappa shape index (κ2) is 8.72. The Morgan fingerprint density at radius 2 is 1.71 bits per heavy atom. The van der Waals surface area contributed by atoms with E-state index in [2.05, 4.69) is 4.98 Å². The first-order valence-electron chi connectivity index (χ1n) is 11.6. The second-order valence-corrected chi connectivity index (χ2v) is 12.3. The van der Waals surface area contributed by atoms with Gasteiger partial charge in [0.15, 0.2) is 0 Å². The van der Waals surface area contributed by atoms with Gasteiger partial charge < -0.3 is 18.9 Å². The van der Waals surface area contributed by atoms with E-state index in [-0.39, 0.29) is 41.9 Å². The van der Waals surface area contributed by atoms with Gasteiger partial charge in [-0.15, -0.1) is 0 Å². The van der Waals surface area contributed by atoms with Gasteiger partial charge in [-0.2, -0.15) is 0 Å². The zero-order valence-electron chi connectivity index (χ0n) is 20.7. The quantitative estimate of drug-likeness (QED) is 0.302. The lowest BCUT2D eigenvalue weighted by Gasteiger charge is -2.40. The van der Waals surface area contributed by atoms with E-state index >= 15 is 0 Å². The Kier molecular flexibility index (Phi) is 6.29. The predicted octanol–water partition coefficient (Wildman–Crippen LogP) is 7.54. The van der Waals surface area contributed by atoms with Crippen LogP contribution in [0.5, 0.6) is 11.6 Å². The zero-order chi connectivity index (χ0) is 28.0. The van der Waals surface area contributed by atoms with Gasteiger partial charge in [0.1, 0.15) is 16.2 Å². The highest BCUT2D eigenvalue weighted by atomic mass is 32.5. The molecule has 1 aromatic carbocycles. The van der Waals surface area contributed by atoms with Crippen molar-refractivity contribution in [3.8, 4) is 22.8 Å². The van der Waals surface area contributed by atoms with Crippen molar-refractivity contribution in [3.63, 3.8) is 0 Å². The van der Waals surface area contributed by atoms with Crippen LogP contribution in [0.15, 0.2) is 70.6 Å². The molecule has 13 heteroatoms. The van der Waals surface area contributed by atoms with Gasteiger partial charge in [-0.1, -0.05) is 19.4 Å². The molecule has 1 amide bonds. The minimum Gasteiger partial charge on any atom is -0.444 e. The number of ether oxygens (including phenoxy) is 2. The highest BCUT2D eigenvalue weighted by Gasteiger charge is 2.65. The van der Waals surface area contributed by atoms with E-state index in [4.69, 9.17) is 9.47 Å². The fourth-order valence-electron chi connectivity index (χ4n) is 3.98. The number of halogens is 5. The number of aromatic nitrogens is 2. The van der Waals surface area contributed by atoms with Crippen LogP contribution in [-0.4, -0.2) is 39.2 Å². The van der Waals surface area contributed by atoms with E-state index < -0.39 is 26.8 Å². The van der Waals surface area contributed by atoms with Crippen LogP contribution in [-0.2, 0) is 4.74 Å². The lowest BCUT2D eigenvalue weighted by Crippen LogP contribution is -2.36. The third-order valence-electron chi connectivity index (χ3n) is 5.71. The molecule has 2 aromatic heterocycles. The molecule has 206 valence electrons. The molecule has 1 unspecified atom stereocenters. The standard InChI is InChI=1S/C25H26F5N3O4S/c1-25(2,3)37-24(35)32-14-12-18(16-32)33-15-17(6-11-22(33)34)21-5-4-13-31-23(21)36-19-7-9-20(10-8-19)38(26,27,28,29)30/h4-11,13,15,18H,12,14,16H2,1-3H3. The van der Waals surface area contributed by atoms with Crippen LogP contribution in [0.2, 0.25) is 0 Å². The summed E-state index contributed by atoms with van der Waals surface area (Å²) >= 11 is 0. The number of nitrogens with zero attached hydrogens (tertiary/aromatic N) is 3. The number of carbonyl (C=O) groups excluding carboxylic acids is 1. The molecule has 0 bridgehead atoms. The Hall–Kier alpha value is -3.61. The van der Waals surface area contributed by atoms with Gasteiger partial charge in [-0.25, -0.2) is 9.78 Å². The van der Waals surface area contributed by atoms with Crippen LogP contribution in [0.1, 0.15) is 33.2 Å². The van der Waals surface area contributed by atoms with Crippen LogP contribution >= 0.6 is 10.2 Å². The van der Waals surface area contributed by atoms with Crippen molar-refractivity contribution in [2.45, 2.75) is 43.7 Å². The number of carbonyl (C=O) groups is 1. The third-order valence-corrected chi connectivity index (χ3v) is 6.88. The van der Waals surface area contributed by atoms with Crippen LogP contribution in [0.25, 0.3) is 11.1 Å². The summed E-state index contributed by atoms with van der Waals surface area (Å²) in [7, 11) is -9.81. The fraction of sp³-hybridized carbons (Fsp3) is 0.320. The predicted molar refractivity (Wildman–Crippen MR) is 133 cm³/mol. The summed E-state index contributed by atoms with van der Waals surface area (Å²) in [6.45, 7) is 5.98. The average molecular weight is 560 g/mol. The molecule has 0 saturated carbocycles. The first-order chi connectivity index (χ1) is 17.4. The van der Waals surface area contributed by atoms with Gasteiger partial charge in [0.05, 0.1) is 6.04 Å². The maximum atomic E-state index is 13.0. The van der Waals surface area contributed by atoms with Gasteiger partial charge in [0.2, 0.25) is 5.88 Å².